The average molecular weight is 1070 g/mol. The molecular formula is C50H67N13O14. The van der Waals surface area contributed by atoms with Crippen molar-refractivity contribution in [3.63, 3.8) is 0 Å². The van der Waals surface area contributed by atoms with Crippen molar-refractivity contribution in [3.8, 4) is 0 Å². The number of aromatic nitrogens is 1. The molecule has 3 heterocycles. The van der Waals surface area contributed by atoms with Crippen LogP contribution in [0.25, 0.3) is 10.9 Å². The van der Waals surface area contributed by atoms with E-state index >= 15 is 0 Å². The van der Waals surface area contributed by atoms with Crippen LogP contribution < -0.4 is 59.3 Å². The monoisotopic (exact) mass is 1070 g/mol. The number of para-hydroxylation sites is 1. The van der Waals surface area contributed by atoms with Crippen LogP contribution in [0.15, 0.2) is 60.8 Å². The lowest BCUT2D eigenvalue weighted by Gasteiger charge is -2.29. The summed E-state index contributed by atoms with van der Waals surface area (Å²) in [4.78, 5) is 162. The van der Waals surface area contributed by atoms with Crippen LogP contribution in [0.1, 0.15) is 64.0 Å². The van der Waals surface area contributed by atoms with Gasteiger partial charge in [-0.05, 0) is 49.3 Å². The summed E-state index contributed by atoms with van der Waals surface area (Å²) >= 11 is 0. The van der Waals surface area contributed by atoms with E-state index in [0.717, 1.165) is 15.8 Å². The predicted octanol–water partition coefficient (Wildman–Crippen LogP) is -5.25. The molecular weight excluding hydrogens is 1010 g/mol. The summed E-state index contributed by atoms with van der Waals surface area (Å²) in [6.07, 6.45) is 0.0239. The van der Waals surface area contributed by atoms with Crippen molar-refractivity contribution in [1.29, 1.82) is 0 Å². The summed E-state index contributed by atoms with van der Waals surface area (Å²) in [5, 5.41) is 43.1. The zero-order chi connectivity index (χ0) is 56.5. The number of fused-ring (bicyclic) bond motifs is 1. The Morgan fingerprint density at radius 3 is 1.95 bits per heavy atom. The van der Waals surface area contributed by atoms with Gasteiger partial charge in [0, 0.05) is 42.9 Å². The van der Waals surface area contributed by atoms with E-state index in [1.807, 2.05) is 0 Å². The fourth-order valence-corrected chi connectivity index (χ4v) is 8.77. The quantitative estimate of drug-likeness (QED) is 0.0340. The molecule has 9 atom stereocenters. The first-order valence-corrected chi connectivity index (χ1v) is 25.0. The molecule has 77 heavy (non-hydrogen) atoms. The lowest BCUT2D eigenvalue weighted by atomic mass is 10.0. The molecule has 0 bridgehead atoms. The number of carbonyl (C=O) groups excluding carboxylic acids is 12. The van der Waals surface area contributed by atoms with E-state index in [-0.39, 0.29) is 44.6 Å². The van der Waals surface area contributed by atoms with Crippen LogP contribution in [0.5, 0.6) is 0 Å². The third-order valence-electron chi connectivity index (χ3n) is 12.9. The van der Waals surface area contributed by atoms with E-state index in [1.165, 1.54) is 6.92 Å². The van der Waals surface area contributed by atoms with Crippen LogP contribution in [-0.2, 0) is 70.4 Å². The van der Waals surface area contributed by atoms with Gasteiger partial charge in [-0.1, -0.05) is 62.4 Å². The second-order valence-corrected chi connectivity index (χ2v) is 19.1. The Balaban J connectivity index is 1.24. The van der Waals surface area contributed by atoms with E-state index in [4.69, 9.17) is 11.5 Å². The van der Waals surface area contributed by atoms with E-state index in [0.29, 0.717) is 17.5 Å². The van der Waals surface area contributed by atoms with E-state index in [9.17, 15) is 67.7 Å². The molecule has 2 aliphatic heterocycles. The molecule has 5 rings (SSSR count). The van der Waals surface area contributed by atoms with Gasteiger partial charge in [0.25, 0.3) is 0 Å². The molecule has 27 heteroatoms. The molecule has 16 N–H and O–H groups in total. The first kappa shape index (κ1) is 59.4. The van der Waals surface area contributed by atoms with Gasteiger partial charge in [-0.15, -0.1) is 0 Å². The number of amides is 12. The highest BCUT2D eigenvalue weighted by Gasteiger charge is 2.40. The highest BCUT2D eigenvalue weighted by atomic mass is 16.3. The molecule has 0 radical (unpaired) electrons. The van der Waals surface area contributed by atoms with Gasteiger partial charge in [0.2, 0.25) is 70.9 Å². The number of rotatable bonds is 27. The Labute approximate surface area is 441 Å². The number of hydrogen-bond donors (Lipinski definition) is 14. The topological polar surface area (TPSA) is 425 Å². The zero-order valence-electron chi connectivity index (χ0n) is 42.7. The molecule has 0 aliphatic carbocycles. The highest BCUT2D eigenvalue weighted by Crippen LogP contribution is 2.21. The lowest BCUT2D eigenvalue weighted by molar-refractivity contribution is -0.143. The summed E-state index contributed by atoms with van der Waals surface area (Å²) in [6.45, 7) is 2.15. The van der Waals surface area contributed by atoms with Crippen LogP contribution in [0, 0.1) is 5.92 Å². The molecule has 27 nitrogen and oxygen atoms in total. The number of nitrogens with zero attached hydrogens (tertiary/aromatic N) is 1. The number of nitrogens with one attached hydrogen (secondary N) is 10. The van der Waals surface area contributed by atoms with Gasteiger partial charge in [0.05, 0.1) is 32.2 Å². The number of aliphatic hydroxyl groups is 2. The summed E-state index contributed by atoms with van der Waals surface area (Å²) in [7, 11) is 0. The maximum atomic E-state index is 14.1. The number of nitrogens with two attached hydrogens (primary N) is 2. The number of primary amides is 2. The first-order valence-electron chi connectivity index (χ1n) is 25.0. The molecule has 0 unspecified atom stereocenters. The second-order valence-electron chi connectivity index (χ2n) is 19.1. The number of likely N-dealkylation sites (tertiary alicyclic amines) is 1. The fraction of sp³-hybridized carbons (Fsp3) is 0.480. The minimum Gasteiger partial charge on any atom is -0.394 e. The van der Waals surface area contributed by atoms with Crippen LogP contribution in [-0.4, -0.2) is 172 Å². The standard InChI is InChI=1S/C50H67N13O14/c1-25(2)41(62-45(72)31-15-16-38(67)56-31)49(76)59-34(20-37(51)66)47(74)58-32(18-27-10-5-4-6-11-27)46(73)60-35(24-64)50(77)63-17-9-14-36(63)48(75)55-22-39(68)57-33(19-28-21-53-30-13-8-7-12-29(28)30)44(71)54-23-40(69)61-42(26(3)65)43(52)70/h4-8,10-13,21,25-26,31-36,41-42,53,64-65H,9,14-20,22-24H2,1-3H3,(H2,51,66)(H2,52,70)(H,54,71)(H,55,75)(H,56,67)(H,57,68)(H,58,74)(H,59,76)(H,60,73)(H,61,69)(H,62,72)/t26-,31+,32+,33+,34+,35+,36+,41+,42+/m1/s1. The zero-order valence-corrected chi connectivity index (χ0v) is 42.7. The first-order chi connectivity index (χ1) is 36.6. The van der Waals surface area contributed by atoms with Crippen LogP contribution >= 0.6 is 0 Å². The van der Waals surface area contributed by atoms with Crippen LogP contribution in [0.4, 0.5) is 0 Å². The van der Waals surface area contributed by atoms with Gasteiger partial charge >= 0.3 is 0 Å². The molecule has 12 amide bonds. The second kappa shape index (κ2) is 27.9. The van der Waals surface area contributed by atoms with E-state index in [1.54, 1.807) is 74.6 Å². The molecule has 416 valence electrons. The Hall–Kier alpha value is -8.46. The number of aromatic amines is 1. The van der Waals surface area contributed by atoms with E-state index < -0.39 is 151 Å². The van der Waals surface area contributed by atoms with E-state index in [2.05, 4.69) is 52.8 Å². The van der Waals surface area contributed by atoms with Gasteiger partial charge in [0.15, 0.2) is 0 Å². The summed E-state index contributed by atoms with van der Waals surface area (Å²) in [6, 6.07) is 4.56. The minimum absolute atomic E-state index is 0.000865. The Morgan fingerprint density at radius 2 is 1.31 bits per heavy atom. The van der Waals surface area contributed by atoms with Gasteiger partial charge in [-0.3, -0.25) is 57.5 Å². The van der Waals surface area contributed by atoms with Crippen molar-refractivity contribution in [1.82, 2.24) is 57.7 Å². The number of aliphatic hydroxyl groups excluding tert-OH is 2. The van der Waals surface area contributed by atoms with Crippen molar-refractivity contribution in [2.24, 2.45) is 17.4 Å². The Kier molecular flexibility index (Phi) is 21.5. The van der Waals surface area contributed by atoms with Gasteiger partial charge < -0.3 is 79.4 Å². The summed E-state index contributed by atoms with van der Waals surface area (Å²) < 4.78 is 0. The molecule has 2 aliphatic rings. The molecule has 1 aromatic heterocycles. The predicted molar refractivity (Wildman–Crippen MR) is 272 cm³/mol. The van der Waals surface area contributed by atoms with Crippen molar-refractivity contribution >= 4 is 81.8 Å². The smallest absolute Gasteiger partial charge is 0.248 e. The van der Waals surface area contributed by atoms with Gasteiger partial charge in [-0.2, -0.15) is 0 Å². The largest absolute Gasteiger partial charge is 0.394 e. The highest BCUT2D eigenvalue weighted by molar-refractivity contribution is 6.00. The van der Waals surface area contributed by atoms with Crippen molar-refractivity contribution < 1.29 is 67.7 Å². The number of carbonyl (C=O) groups is 12. The average Bonchev–Trinajstić information content (AvgIpc) is 4.17. The third-order valence-corrected chi connectivity index (χ3v) is 12.9. The third kappa shape index (κ3) is 17.0. The van der Waals surface area contributed by atoms with Gasteiger partial charge in [0.1, 0.15) is 48.3 Å². The Bertz CT molecular complexity index is 2680. The van der Waals surface area contributed by atoms with Crippen LogP contribution in [0.2, 0.25) is 0 Å². The van der Waals surface area contributed by atoms with Crippen molar-refractivity contribution in [2.45, 2.75) is 120 Å². The molecule has 0 saturated carbocycles. The molecule has 2 fully saturated rings. The summed E-state index contributed by atoms with van der Waals surface area (Å²) in [5.74, 6) is -10.6. The number of H-pyrrole nitrogens is 1. The molecule has 2 aromatic carbocycles. The van der Waals surface area contributed by atoms with Crippen LogP contribution in [0.3, 0.4) is 0 Å². The maximum absolute atomic E-state index is 14.1. The summed E-state index contributed by atoms with van der Waals surface area (Å²) in [5.41, 5.74) is 12.6. The number of hydrogen-bond acceptors (Lipinski definition) is 14. The molecule has 0 spiro atoms. The SMILES string of the molecule is CC(C)[C@H](NC(=O)[C@@H]1CCC(=O)N1)C(=O)N[C@@H](CC(N)=O)C(=O)N[C@@H](Cc1ccccc1)C(=O)N[C@@H](CO)C(=O)N1CCC[C@H]1C(=O)NCC(=O)N[C@@H](Cc1c[nH]c2ccccc12)C(=O)NCC(=O)N[C@H](C(N)=O)[C@@H](C)O. The van der Waals surface area contributed by atoms with Crippen molar-refractivity contribution in [3.05, 3.63) is 71.9 Å². The van der Waals surface area contributed by atoms with Crippen molar-refractivity contribution in [2.75, 3.05) is 26.2 Å². The maximum Gasteiger partial charge on any atom is 0.248 e. The lowest BCUT2D eigenvalue weighted by Crippen LogP contribution is -2.61. The van der Waals surface area contributed by atoms with Gasteiger partial charge in [-0.25, -0.2) is 0 Å². The Morgan fingerprint density at radius 1 is 0.688 bits per heavy atom. The minimum atomic E-state index is -1.67. The molecule has 3 aromatic rings. The number of benzene rings is 2. The fourth-order valence-electron chi connectivity index (χ4n) is 8.77. The molecule has 2 saturated heterocycles. The normalized spacial score (nSPS) is 17.7.